The second-order valence-electron chi connectivity index (χ2n) is 24.2. The summed E-state index contributed by atoms with van der Waals surface area (Å²) >= 11 is 0. The molecule has 0 spiro atoms. The van der Waals surface area contributed by atoms with Gasteiger partial charge in [-0.3, -0.25) is 19.2 Å². The monoisotopic (exact) mass is 1380 g/mol. The van der Waals surface area contributed by atoms with Crippen LogP contribution in [0.2, 0.25) is 0 Å². The van der Waals surface area contributed by atoms with Gasteiger partial charge >= 0.3 is 11.9 Å². The number of hydrogen-bond donors (Lipinski definition) is 2. The van der Waals surface area contributed by atoms with Gasteiger partial charge in [-0.05, 0) is 44.4 Å². The average molecular weight is 1380 g/mol. The minimum Gasteiger partial charge on any atom is -0.454 e. The molecule has 0 radical (unpaired) electrons. The summed E-state index contributed by atoms with van der Waals surface area (Å²) < 4.78 is 106. The van der Waals surface area contributed by atoms with Crippen LogP contribution in [0, 0.1) is 5.92 Å². The third kappa shape index (κ3) is 19.8. The van der Waals surface area contributed by atoms with Gasteiger partial charge in [0, 0.05) is 36.7 Å². The lowest BCUT2D eigenvalue weighted by atomic mass is 9.89. The van der Waals surface area contributed by atoms with Gasteiger partial charge in [-0.15, -0.1) is 0 Å². The molecule has 8 unspecified atom stereocenters. The van der Waals surface area contributed by atoms with Crippen molar-refractivity contribution in [1.29, 1.82) is 0 Å². The molecule has 530 valence electrons. The van der Waals surface area contributed by atoms with E-state index in [1.54, 1.807) is 61.5 Å². The number of azide groups is 2. The molecule has 28 nitrogen and oxygen atoms in total. The fourth-order valence-corrected chi connectivity index (χ4v) is 12.5. The lowest BCUT2D eigenvalue weighted by molar-refractivity contribution is -0.375. The number of carbonyl (C=O) groups excluding carboxylic acids is 4. The highest BCUT2D eigenvalue weighted by Crippen LogP contribution is 2.41. The van der Waals surface area contributed by atoms with Crippen LogP contribution >= 0.6 is 0 Å². The summed E-state index contributed by atoms with van der Waals surface area (Å²) in [5.41, 5.74) is 37.7. The number of methoxy groups -OCH3 is 1. The van der Waals surface area contributed by atoms with Crippen molar-refractivity contribution in [2.75, 3.05) is 20.3 Å². The van der Waals surface area contributed by atoms with Crippen LogP contribution in [0.15, 0.2) is 192 Å². The van der Waals surface area contributed by atoms with E-state index in [-0.39, 0.29) is 52.9 Å². The molecular weight excluding hydrogens is 1300 g/mol. The van der Waals surface area contributed by atoms with Crippen LogP contribution in [0.3, 0.4) is 0 Å². The van der Waals surface area contributed by atoms with Gasteiger partial charge < -0.3 is 87.3 Å². The Morgan fingerprint density at radius 1 is 0.400 bits per heavy atom. The van der Waals surface area contributed by atoms with Gasteiger partial charge in [0.25, 0.3) is 0 Å². The lowest BCUT2D eigenvalue weighted by Crippen LogP contribution is -2.69. The number of nitrogens with zero attached hydrogens (tertiary/aromatic N) is 6. The van der Waals surface area contributed by atoms with Gasteiger partial charge in [0.1, 0.15) is 73.1 Å². The average Bonchev–Trinajstić information content (AvgIpc) is 0.765. The van der Waals surface area contributed by atoms with E-state index in [1.807, 2.05) is 127 Å². The van der Waals surface area contributed by atoms with E-state index in [4.69, 9.17) is 87.3 Å². The van der Waals surface area contributed by atoms with Crippen molar-refractivity contribution in [2.45, 2.75) is 177 Å². The van der Waals surface area contributed by atoms with Crippen molar-refractivity contribution in [3.05, 3.63) is 236 Å². The van der Waals surface area contributed by atoms with Gasteiger partial charge in [0.05, 0.1) is 52.9 Å². The van der Waals surface area contributed by atoms with Crippen LogP contribution in [-0.4, -0.2) is 161 Å². The van der Waals surface area contributed by atoms with Crippen molar-refractivity contribution in [3.63, 3.8) is 0 Å². The number of primary amides is 2. The smallest absolute Gasteiger partial charge is 0.303 e. The minimum atomic E-state index is -1.93. The molecule has 100 heavy (non-hydrogen) atoms. The molecule has 0 aromatic heterocycles. The molecule has 10 rings (SSSR count). The lowest BCUT2D eigenvalue weighted by Gasteiger charge is -2.51. The molecule has 4 aliphatic heterocycles. The predicted octanol–water partition coefficient (Wildman–Crippen LogP) is 8.29. The molecule has 6 aromatic carbocycles. The highest BCUT2D eigenvalue weighted by atomic mass is 16.8. The number of amides is 2. The van der Waals surface area contributed by atoms with Gasteiger partial charge in [0.2, 0.25) is 11.8 Å². The standard InChI is InChI=1S/C72H82N8O20/c1-43-56(88-37-48-27-15-7-16-28-48)65(92-44(2)81)71(96-57(43)67(73)83)97-59-53(42-87-36-47-25-13-6-14-26-47)95-70(55(78-80-76)61(59)90-39-50-31-19-9-20-32-50)99-63-62(91-40-51-33-21-10-22-34-51)66(93-45(3)82)72(100-64(63)68(74)84)98-58-52(41-86-35-46-23-11-5-12-24-46)94-69(85-4)54(77-79-75)60(58)89-38-49-29-17-8-18-30-49/h5-34,43,52-66,69-72H,35-42H2,1-4H3,(H2,73,83)(H2,74,84)/t43-,52?,53?,54?,55?,56+,57?,58+,59+,60-,61-,62+,63-,64?,65?,66?,69-,70+,71-,72+/m0/s1. The molecule has 4 heterocycles. The summed E-state index contributed by atoms with van der Waals surface area (Å²) in [6.07, 6.45) is -25.7. The van der Waals surface area contributed by atoms with E-state index in [2.05, 4.69) is 20.1 Å². The number of nitrogens with two attached hydrogens (primary N) is 2. The van der Waals surface area contributed by atoms with E-state index in [1.165, 1.54) is 14.0 Å². The molecule has 4 saturated heterocycles. The van der Waals surface area contributed by atoms with E-state index in [0.29, 0.717) is 11.1 Å². The molecule has 0 saturated carbocycles. The Hall–Kier alpha value is -8.74. The van der Waals surface area contributed by atoms with Gasteiger partial charge in [-0.1, -0.05) is 199 Å². The van der Waals surface area contributed by atoms with Crippen LogP contribution < -0.4 is 11.5 Å². The third-order valence-corrected chi connectivity index (χ3v) is 17.2. The van der Waals surface area contributed by atoms with Crippen LogP contribution in [0.5, 0.6) is 0 Å². The normalized spacial score (nSPS) is 29.6. The quantitative estimate of drug-likeness (QED) is 0.0169. The molecular formula is C72H82N8O20. The van der Waals surface area contributed by atoms with Gasteiger partial charge in [0.15, 0.2) is 43.5 Å². The summed E-state index contributed by atoms with van der Waals surface area (Å²) in [7, 11) is 1.37. The molecule has 20 atom stereocenters. The number of benzene rings is 6. The second-order valence-corrected chi connectivity index (χ2v) is 24.2. The number of esters is 2. The zero-order chi connectivity index (χ0) is 70.3. The number of rotatable bonds is 33. The first-order valence-corrected chi connectivity index (χ1v) is 32.7. The minimum absolute atomic E-state index is 0.00353. The topological polar surface area (TPSA) is 366 Å². The Morgan fingerprint density at radius 2 is 0.720 bits per heavy atom. The highest BCUT2D eigenvalue weighted by Gasteiger charge is 2.60. The molecule has 4 fully saturated rings. The molecule has 28 heteroatoms. The molecule has 4 N–H and O–H groups in total. The third-order valence-electron chi connectivity index (χ3n) is 17.2. The molecule has 0 bridgehead atoms. The maximum absolute atomic E-state index is 14.6. The Labute approximate surface area is 577 Å². The summed E-state index contributed by atoms with van der Waals surface area (Å²) in [6.45, 7) is 3.13. The highest BCUT2D eigenvalue weighted by molar-refractivity contribution is 5.80. The van der Waals surface area contributed by atoms with Crippen molar-refractivity contribution in [2.24, 2.45) is 27.6 Å². The Kier molecular flexibility index (Phi) is 27.4. The maximum atomic E-state index is 14.6. The molecule has 6 aromatic rings. The van der Waals surface area contributed by atoms with Crippen LogP contribution in [-0.2, 0) is 135 Å². The van der Waals surface area contributed by atoms with Crippen LogP contribution in [0.1, 0.15) is 54.2 Å². The largest absolute Gasteiger partial charge is 0.454 e. The summed E-state index contributed by atoms with van der Waals surface area (Å²) in [4.78, 5) is 61.5. The first-order valence-electron chi connectivity index (χ1n) is 32.7. The second kappa shape index (κ2) is 37.1. The summed E-state index contributed by atoms with van der Waals surface area (Å²) in [5.74, 6) is -4.48. The Morgan fingerprint density at radius 3 is 1.08 bits per heavy atom. The number of ether oxygens (including phenoxy) is 16. The first kappa shape index (κ1) is 74.0. The van der Waals surface area contributed by atoms with E-state index in [0.717, 1.165) is 29.2 Å². The fourth-order valence-electron chi connectivity index (χ4n) is 12.5. The Bertz CT molecular complexity index is 3630. The van der Waals surface area contributed by atoms with E-state index < -0.39 is 146 Å². The van der Waals surface area contributed by atoms with Crippen LogP contribution in [0.4, 0.5) is 0 Å². The zero-order valence-corrected chi connectivity index (χ0v) is 55.5. The molecule has 4 aliphatic rings. The van der Waals surface area contributed by atoms with Crippen molar-refractivity contribution >= 4 is 23.8 Å². The number of hydrogen-bond acceptors (Lipinski definition) is 22. The Balaban J connectivity index is 1.06. The maximum Gasteiger partial charge on any atom is 0.303 e. The zero-order valence-electron chi connectivity index (χ0n) is 55.5. The van der Waals surface area contributed by atoms with E-state index in [9.17, 15) is 30.2 Å². The predicted molar refractivity (Wildman–Crippen MR) is 353 cm³/mol. The molecule has 2 amide bonds. The van der Waals surface area contributed by atoms with Gasteiger partial charge in [-0.2, -0.15) is 0 Å². The van der Waals surface area contributed by atoms with Crippen LogP contribution in [0.25, 0.3) is 20.9 Å². The van der Waals surface area contributed by atoms with Crippen molar-refractivity contribution < 1.29 is 95.0 Å². The van der Waals surface area contributed by atoms with Gasteiger partial charge in [-0.25, -0.2) is 0 Å². The molecule has 0 aliphatic carbocycles. The fraction of sp³-hybridized carbons (Fsp3) is 0.444. The summed E-state index contributed by atoms with van der Waals surface area (Å²) in [5, 5.41) is 8.38. The van der Waals surface area contributed by atoms with E-state index >= 15 is 0 Å². The number of carbonyl (C=O) groups is 4. The summed E-state index contributed by atoms with van der Waals surface area (Å²) in [6, 6.07) is 51.8. The SMILES string of the molecule is CO[C@H]1OC(COCc2ccccc2)[C@@H](O[C@@H]2OC(C(N)=O)[C@@H](O[C@H]3OC(COCc4ccccc4)[C@@H](O[C@@H]4OC(C(N)=O)[C@@H](C)[C@@H](OCc5ccccc5)C4OC(C)=O)[C@@H](OCc4ccccc4)C3N=[N+]=[N-])[C@@H](OCc3ccccc3)C2OC(C)=O)[C@@H](OCc2ccccc2)C1N=[N+]=[N-]. The first-order chi connectivity index (χ1) is 48.7. The van der Waals surface area contributed by atoms with Crippen molar-refractivity contribution in [1.82, 2.24) is 0 Å². The van der Waals surface area contributed by atoms with Crippen molar-refractivity contribution in [3.8, 4) is 0 Å².